The fourth-order valence-electron chi connectivity index (χ4n) is 7.37. The number of hydrogen-bond acceptors (Lipinski definition) is 3. The van der Waals surface area contributed by atoms with Gasteiger partial charge in [0.25, 0.3) is 0 Å². The van der Waals surface area contributed by atoms with E-state index in [-0.39, 0.29) is 5.41 Å². The molecule has 0 N–H and O–H groups in total. The number of hydrogen-bond donors (Lipinski definition) is 0. The molecule has 2 atom stereocenters. The van der Waals surface area contributed by atoms with Crippen LogP contribution < -0.4 is 4.74 Å². The second kappa shape index (κ2) is 10.0. The molecule has 36 heavy (non-hydrogen) atoms. The summed E-state index contributed by atoms with van der Waals surface area (Å²) >= 11 is 0. The van der Waals surface area contributed by atoms with Crippen molar-refractivity contribution < 1.29 is 9.47 Å². The summed E-state index contributed by atoms with van der Waals surface area (Å²) in [5, 5.41) is 0. The molecule has 1 aliphatic carbocycles. The summed E-state index contributed by atoms with van der Waals surface area (Å²) in [6.07, 6.45) is 9.93. The molecule has 0 bridgehead atoms. The molecular formula is C33H39NO2. The standard InChI is InChI=1S/C33H39NO2/c1-35-30-15-14-27-23-32(19-16-26(27)22-30)17-7-8-20-34(32)21-9-18-33(29-11-3-2-4-12-29)25-36-24-28-10-5-6-13-31(28)33/h2-6,10-15,22H,7-9,16-21,23-25H2,1H3. The lowest BCUT2D eigenvalue weighted by Gasteiger charge is -2.50. The molecule has 3 aliphatic rings. The van der Waals surface area contributed by atoms with E-state index in [1.165, 1.54) is 79.4 Å². The molecule has 2 heterocycles. The highest BCUT2D eigenvalue weighted by molar-refractivity contribution is 5.45. The van der Waals surface area contributed by atoms with Crippen molar-refractivity contribution in [2.45, 2.75) is 68.9 Å². The Kier molecular flexibility index (Phi) is 6.62. The average Bonchev–Trinajstić information content (AvgIpc) is 2.94. The van der Waals surface area contributed by atoms with Gasteiger partial charge in [0.1, 0.15) is 5.75 Å². The summed E-state index contributed by atoms with van der Waals surface area (Å²) < 4.78 is 11.8. The van der Waals surface area contributed by atoms with E-state index >= 15 is 0 Å². The van der Waals surface area contributed by atoms with Crippen LogP contribution in [-0.4, -0.2) is 37.2 Å². The molecule has 3 nitrogen and oxygen atoms in total. The largest absolute Gasteiger partial charge is 0.497 e. The van der Waals surface area contributed by atoms with Crippen molar-refractivity contribution in [2.75, 3.05) is 26.8 Å². The van der Waals surface area contributed by atoms with Crippen molar-refractivity contribution in [1.29, 1.82) is 0 Å². The quantitative estimate of drug-likeness (QED) is 0.391. The first-order valence-electron chi connectivity index (χ1n) is 13.9. The minimum absolute atomic E-state index is 0.0607. The number of aryl methyl sites for hydroxylation is 1. The van der Waals surface area contributed by atoms with Gasteiger partial charge < -0.3 is 9.47 Å². The van der Waals surface area contributed by atoms with Crippen molar-refractivity contribution in [3.8, 4) is 5.75 Å². The van der Waals surface area contributed by atoms with Crippen molar-refractivity contribution in [1.82, 2.24) is 4.90 Å². The molecule has 1 fully saturated rings. The zero-order valence-corrected chi connectivity index (χ0v) is 21.7. The Morgan fingerprint density at radius 2 is 1.75 bits per heavy atom. The lowest BCUT2D eigenvalue weighted by atomic mass is 9.69. The van der Waals surface area contributed by atoms with E-state index in [1.54, 1.807) is 7.11 Å². The lowest BCUT2D eigenvalue weighted by molar-refractivity contribution is 0.0261. The van der Waals surface area contributed by atoms with E-state index in [4.69, 9.17) is 9.47 Å². The number of rotatable bonds is 6. The van der Waals surface area contributed by atoms with Crippen LogP contribution in [0.15, 0.2) is 72.8 Å². The normalized spacial score (nSPS) is 25.8. The van der Waals surface area contributed by atoms with Gasteiger partial charge in [-0.05, 0) is 98.0 Å². The van der Waals surface area contributed by atoms with Crippen LogP contribution in [0.3, 0.4) is 0 Å². The summed E-state index contributed by atoms with van der Waals surface area (Å²) in [5.41, 5.74) is 7.49. The van der Waals surface area contributed by atoms with Gasteiger partial charge in [0.15, 0.2) is 0 Å². The molecule has 3 heteroatoms. The number of ether oxygens (including phenoxy) is 2. The van der Waals surface area contributed by atoms with Gasteiger partial charge in [-0.2, -0.15) is 0 Å². The van der Waals surface area contributed by atoms with Crippen LogP contribution in [0, 0.1) is 0 Å². The molecule has 0 amide bonds. The topological polar surface area (TPSA) is 21.7 Å². The maximum Gasteiger partial charge on any atom is 0.119 e. The smallest absolute Gasteiger partial charge is 0.119 e. The Morgan fingerprint density at radius 1 is 0.889 bits per heavy atom. The number of methoxy groups -OCH3 is 1. The van der Waals surface area contributed by atoms with E-state index in [2.05, 4.69) is 77.7 Å². The SMILES string of the molecule is COc1ccc2c(c1)CCC1(CCCCN1CCCC1(c3ccccc3)COCc3ccccc31)C2. The van der Waals surface area contributed by atoms with Crippen LogP contribution in [0.4, 0.5) is 0 Å². The Morgan fingerprint density at radius 3 is 2.64 bits per heavy atom. The third kappa shape index (κ3) is 4.27. The molecule has 2 unspecified atom stereocenters. The minimum atomic E-state index is -0.0607. The number of benzene rings is 3. The van der Waals surface area contributed by atoms with Crippen molar-refractivity contribution in [2.24, 2.45) is 0 Å². The highest BCUT2D eigenvalue weighted by Crippen LogP contribution is 2.44. The third-order valence-corrected chi connectivity index (χ3v) is 9.28. The Bertz CT molecular complexity index is 1190. The first-order chi connectivity index (χ1) is 17.7. The Labute approximate surface area is 216 Å². The average molecular weight is 482 g/mol. The minimum Gasteiger partial charge on any atom is -0.497 e. The summed E-state index contributed by atoms with van der Waals surface area (Å²) in [7, 11) is 1.77. The Hall–Kier alpha value is -2.62. The van der Waals surface area contributed by atoms with E-state index in [1.807, 2.05) is 0 Å². The van der Waals surface area contributed by atoms with E-state index in [0.29, 0.717) is 5.54 Å². The molecule has 0 radical (unpaired) electrons. The third-order valence-electron chi connectivity index (χ3n) is 9.28. The van der Waals surface area contributed by atoms with Crippen molar-refractivity contribution in [3.63, 3.8) is 0 Å². The van der Waals surface area contributed by atoms with Crippen LogP contribution in [0.25, 0.3) is 0 Å². The molecule has 2 aliphatic heterocycles. The molecular weight excluding hydrogens is 442 g/mol. The fraction of sp³-hybridized carbons (Fsp3) is 0.455. The molecule has 1 saturated heterocycles. The fourth-order valence-corrected chi connectivity index (χ4v) is 7.37. The predicted octanol–water partition coefficient (Wildman–Crippen LogP) is 6.71. The van der Waals surface area contributed by atoms with Crippen molar-refractivity contribution in [3.05, 3.63) is 101 Å². The predicted molar refractivity (Wildman–Crippen MR) is 146 cm³/mol. The van der Waals surface area contributed by atoms with Gasteiger partial charge in [-0.25, -0.2) is 0 Å². The van der Waals surface area contributed by atoms with Crippen molar-refractivity contribution >= 4 is 0 Å². The lowest BCUT2D eigenvalue weighted by Crippen LogP contribution is -2.55. The Balaban J connectivity index is 1.23. The van der Waals surface area contributed by atoms with Crippen LogP contribution in [0.5, 0.6) is 5.75 Å². The van der Waals surface area contributed by atoms with E-state index in [0.717, 1.165) is 31.8 Å². The molecule has 3 aromatic rings. The van der Waals surface area contributed by atoms with Gasteiger partial charge >= 0.3 is 0 Å². The molecule has 0 aromatic heterocycles. The molecule has 3 aromatic carbocycles. The van der Waals surface area contributed by atoms with E-state index < -0.39 is 0 Å². The highest BCUT2D eigenvalue weighted by atomic mass is 16.5. The number of nitrogens with zero attached hydrogens (tertiary/aromatic N) is 1. The van der Waals surface area contributed by atoms with Gasteiger partial charge in [-0.1, -0.05) is 67.1 Å². The zero-order chi connectivity index (χ0) is 24.4. The van der Waals surface area contributed by atoms with Gasteiger partial charge in [0.05, 0.1) is 20.3 Å². The zero-order valence-electron chi connectivity index (χ0n) is 21.7. The van der Waals surface area contributed by atoms with Crippen LogP contribution >= 0.6 is 0 Å². The summed E-state index contributed by atoms with van der Waals surface area (Å²) in [6, 6.07) is 26.8. The summed E-state index contributed by atoms with van der Waals surface area (Å²) in [5.74, 6) is 0.992. The van der Waals surface area contributed by atoms with Crippen LogP contribution in [-0.2, 0) is 29.6 Å². The monoisotopic (exact) mass is 481 g/mol. The maximum absolute atomic E-state index is 6.25. The first-order valence-corrected chi connectivity index (χ1v) is 13.9. The second-order valence-corrected chi connectivity index (χ2v) is 11.2. The van der Waals surface area contributed by atoms with E-state index in [9.17, 15) is 0 Å². The first kappa shape index (κ1) is 23.8. The highest BCUT2D eigenvalue weighted by Gasteiger charge is 2.42. The summed E-state index contributed by atoms with van der Waals surface area (Å²) in [6.45, 7) is 3.90. The molecule has 188 valence electrons. The van der Waals surface area contributed by atoms with Gasteiger partial charge in [-0.15, -0.1) is 0 Å². The van der Waals surface area contributed by atoms with Gasteiger partial charge in [0, 0.05) is 11.0 Å². The van der Waals surface area contributed by atoms with Crippen LogP contribution in [0.1, 0.15) is 66.3 Å². The van der Waals surface area contributed by atoms with Crippen LogP contribution in [0.2, 0.25) is 0 Å². The maximum atomic E-state index is 6.25. The number of piperidine rings is 1. The number of fused-ring (bicyclic) bond motifs is 2. The molecule has 1 spiro atoms. The van der Waals surface area contributed by atoms with Gasteiger partial charge in [0.2, 0.25) is 0 Å². The molecule has 6 rings (SSSR count). The summed E-state index contributed by atoms with van der Waals surface area (Å²) in [4.78, 5) is 2.87. The molecule has 0 saturated carbocycles. The second-order valence-electron chi connectivity index (χ2n) is 11.2. The van der Waals surface area contributed by atoms with Gasteiger partial charge in [-0.3, -0.25) is 4.90 Å². The number of likely N-dealkylation sites (tertiary alicyclic amines) is 1.